The fourth-order valence-electron chi connectivity index (χ4n) is 1.52. The molecule has 0 saturated heterocycles. The van der Waals surface area contributed by atoms with Gasteiger partial charge < -0.3 is 14.4 Å². The molecule has 1 aromatic heterocycles. The molecule has 0 aliphatic heterocycles. The molecule has 0 aliphatic carbocycles. The van der Waals surface area contributed by atoms with Crippen molar-refractivity contribution in [1.82, 2.24) is 9.97 Å². The highest BCUT2D eigenvalue weighted by Gasteiger charge is 2.08. The molecule has 0 N–H and O–H groups in total. The molecule has 0 bridgehead atoms. The smallest absolute Gasteiger partial charge is 0.158 e. The van der Waals surface area contributed by atoms with Crippen molar-refractivity contribution in [2.75, 3.05) is 44.4 Å². The van der Waals surface area contributed by atoms with E-state index in [0.29, 0.717) is 32.1 Å². The van der Waals surface area contributed by atoms with E-state index >= 15 is 0 Å². The lowest BCUT2D eigenvalue weighted by molar-refractivity contribution is 0.141. The molecule has 0 radical (unpaired) electrons. The van der Waals surface area contributed by atoms with Gasteiger partial charge >= 0.3 is 0 Å². The van der Waals surface area contributed by atoms with Crippen molar-refractivity contribution < 1.29 is 9.47 Å². The number of hydrogen-bond acceptors (Lipinski definition) is 6. The van der Waals surface area contributed by atoms with E-state index in [2.05, 4.69) is 9.97 Å². The van der Waals surface area contributed by atoms with Crippen LogP contribution < -0.4 is 4.90 Å². The van der Waals surface area contributed by atoms with Crippen LogP contribution in [0.2, 0.25) is 0 Å². The van der Waals surface area contributed by atoms with Gasteiger partial charge in [0.1, 0.15) is 11.9 Å². The molecule has 0 fully saturated rings. The van der Waals surface area contributed by atoms with Gasteiger partial charge in [0.05, 0.1) is 25.6 Å². The quantitative estimate of drug-likeness (QED) is 0.625. The van der Waals surface area contributed by atoms with Crippen molar-refractivity contribution in [3.63, 3.8) is 0 Å². The van der Waals surface area contributed by atoms with Gasteiger partial charge in [0.25, 0.3) is 0 Å². The second kappa shape index (κ2) is 9.25. The second-order valence-corrected chi connectivity index (χ2v) is 3.75. The van der Waals surface area contributed by atoms with Gasteiger partial charge in [-0.1, -0.05) is 0 Å². The van der Waals surface area contributed by atoms with E-state index in [9.17, 15) is 0 Å². The molecule has 0 amide bonds. The first-order valence-corrected chi connectivity index (χ1v) is 6.44. The highest BCUT2D eigenvalue weighted by molar-refractivity contribution is 5.37. The summed E-state index contributed by atoms with van der Waals surface area (Å²) < 4.78 is 10.7. The van der Waals surface area contributed by atoms with E-state index in [0.717, 1.165) is 18.9 Å². The topological polar surface area (TPSA) is 71.3 Å². The molecule has 6 nitrogen and oxygen atoms in total. The summed E-state index contributed by atoms with van der Waals surface area (Å²) in [6.07, 6.45) is 3.08. The van der Waals surface area contributed by atoms with Crippen molar-refractivity contribution in [2.45, 2.75) is 13.8 Å². The van der Waals surface area contributed by atoms with Gasteiger partial charge in [-0.3, -0.25) is 0 Å². The van der Waals surface area contributed by atoms with E-state index < -0.39 is 0 Å². The average molecular weight is 264 g/mol. The minimum atomic E-state index is 0.318. The zero-order valence-electron chi connectivity index (χ0n) is 11.5. The van der Waals surface area contributed by atoms with Gasteiger partial charge in [-0.25, -0.2) is 9.97 Å². The van der Waals surface area contributed by atoms with E-state index in [-0.39, 0.29) is 0 Å². The molecule has 0 aromatic carbocycles. The maximum absolute atomic E-state index is 8.71. The molecule has 19 heavy (non-hydrogen) atoms. The molecule has 0 saturated carbocycles. The summed E-state index contributed by atoms with van der Waals surface area (Å²) in [5.74, 6) is 0.735. The highest BCUT2D eigenvalue weighted by atomic mass is 16.5. The van der Waals surface area contributed by atoms with Gasteiger partial charge in [-0.2, -0.15) is 5.26 Å². The first kappa shape index (κ1) is 15.3. The van der Waals surface area contributed by atoms with Gasteiger partial charge in [0, 0.05) is 26.3 Å². The van der Waals surface area contributed by atoms with Gasteiger partial charge in [-0.15, -0.1) is 0 Å². The molecule has 6 heteroatoms. The number of ether oxygens (including phenoxy) is 2. The van der Waals surface area contributed by atoms with Crippen LogP contribution in [-0.4, -0.2) is 49.5 Å². The SMILES string of the molecule is CCOCCN(CCOCC)c1cnc(C#N)cn1. The summed E-state index contributed by atoms with van der Waals surface area (Å²) in [6.45, 7) is 8.02. The minimum Gasteiger partial charge on any atom is -0.380 e. The third-order valence-electron chi connectivity index (χ3n) is 2.50. The molecule has 0 unspecified atom stereocenters. The Hall–Kier alpha value is -1.71. The number of nitriles is 1. The molecular weight excluding hydrogens is 244 g/mol. The Bertz CT molecular complexity index is 379. The third kappa shape index (κ3) is 5.64. The Morgan fingerprint density at radius 2 is 1.74 bits per heavy atom. The van der Waals surface area contributed by atoms with Crippen LogP contribution in [0.25, 0.3) is 0 Å². The van der Waals surface area contributed by atoms with Crippen LogP contribution in [0.5, 0.6) is 0 Å². The first-order valence-electron chi connectivity index (χ1n) is 6.44. The molecule has 104 valence electrons. The van der Waals surface area contributed by atoms with Crippen LogP contribution in [-0.2, 0) is 9.47 Å². The van der Waals surface area contributed by atoms with E-state index in [1.165, 1.54) is 6.20 Å². The van der Waals surface area contributed by atoms with E-state index in [4.69, 9.17) is 14.7 Å². The van der Waals surface area contributed by atoms with Crippen molar-refractivity contribution in [3.8, 4) is 6.07 Å². The Kier molecular flexibility index (Phi) is 7.47. The first-order chi connectivity index (χ1) is 9.31. The molecule has 1 rings (SSSR count). The van der Waals surface area contributed by atoms with Crippen LogP contribution in [0.4, 0.5) is 5.82 Å². The van der Waals surface area contributed by atoms with E-state index in [1.807, 2.05) is 24.8 Å². The fourth-order valence-corrected chi connectivity index (χ4v) is 1.52. The van der Waals surface area contributed by atoms with E-state index in [1.54, 1.807) is 6.20 Å². The maximum Gasteiger partial charge on any atom is 0.158 e. The second-order valence-electron chi connectivity index (χ2n) is 3.75. The number of rotatable bonds is 9. The summed E-state index contributed by atoms with van der Waals surface area (Å²) >= 11 is 0. The van der Waals surface area contributed by atoms with Crippen LogP contribution in [0, 0.1) is 11.3 Å². The average Bonchev–Trinajstić information content (AvgIpc) is 2.46. The maximum atomic E-state index is 8.71. The molecule has 0 spiro atoms. The van der Waals surface area contributed by atoms with Crippen LogP contribution in [0.15, 0.2) is 12.4 Å². The Morgan fingerprint density at radius 3 is 2.16 bits per heavy atom. The van der Waals surface area contributed by atoms with Crippen LogP contribution in [0.1, 0.15) is 19.5 Å². The van der Waals surface area contributed by atoms with Crippen molar-refractivity contribution >= 4 is 5.82 Å². The summed E-state index contributed by atoms with van der Waals surface area (Å²) in [7, 11) is 0. The lowest BCUT2D eigenvalue weighted by Gasteiger charge is -2.23. The minimum absolute atomic E-state index is 0.318. The fraction of sp³-hybridized carbons (Fsp3) is 0.615. The zero-order valence-corrected chi connectivity index (χ0v) is 11.5. The Morgan fingerprint density at radius 1 is 1.11 bits per heavy atom. The summed E-state index contributed by atoms with van der Waals surface area (Å²) in [5.41, 5.74) is 0.318. The van der Waals surface area contributed by atoms with Crippen LogP contribution >= 0.6 is 0 Å². The molecular formula is C13H20N4O2. The molecule has 1 heterocycles. The number of aromatic nitrogens is 2. The number of nitrogens with zero attached hydrogens (tertiary/aromatic N) is 4. The van der Waals surface area contributed by atoms with Gasteiger partial charge in [0.15, 0.2) is 5.69 Å². The van der Waals surface area contributed by atoms with Gasteiger partial charge in [0.2, 0.25) is 0 Å². The standard InChI is InChI=1S/C13H20N4O2/c1-3-18-7-5-17(6-8-19-4-2)13-11-15-12(9-14)10-16-13/h10-11H,3-8H2,1-2H3. The van der Waals surface area contributed by atoms with Crippen molar-refractivity contribution in [2.24, 2.45) is 0 Å². The number of hydrogen-bond donors (Lipinski definition) is 0. The Balaban J connectivity index is 2.61. The molecule has 0 aliphatic rings. The summed E-state index contributed by atoms with van der Waals surface area (Å²) in [6, 6.07) is 1.96. The Labute approximate surface area is 114 Å². The molecule has 1 aromatic rings. The normalized spacial score (nSPS) is 10.2. The lowest BCUT2D eigenvalue weighted by atomic mass is 10.4. The van der Waals surface area contributed by atoms with Gasteiger partial charge in [-0.05, 0) is 13.8 Å². The summed E-state index contributed by atoms with van der Waals surface area (Å²) in [4.78, 5) is 10.3. The lowest BCUT2D eigenvalue weighted by Crippen LogP contribution is -2.32. The largest absolute Gasteiger partial charge is 0.380 e. The third-order valence-corrected chi connectivity index (χ3v) is 2.50. The predicted molar refractivity (Wildman–Crippen MR) is 71.9 cm³/mol. The monoisotopic (exact) mass is 264 g/mol. The van der Waals surface area contributed by atoms with Crippen molar-refractivity contribution in [1.29, 1.82) is 5.26 Å². The number of anilines is 1. The van der Waals surface area contributed by atoms with Crippen LogP contribution in [0.3, 0.4) is 0 Å². The summed E-state index contributed by atoms with van der Waals surface area (Å²) in [5, 5.41) is 8.71. The highest BCUT2D eigenvalue weighted by Crippen LogP contribution is 2.08. The zero-order chi connectivity index (χ0) is 13.9. The van der Waals surface area contributed by atoms with Crippen molar-refractivity contribution in [3.05, 3.63) is 18.1 Å². The predicted octanol–water partition coefficient (Wildman–Crippen LogP) is 1.23. The molecule has 0 atom stereocenters.